The number of benzene rings is 1. The van der Waals surface area contributed by atoms with Crippen molar-refractivity contribution < 1.29 is 27.9 Å². The topological polar surface area (TPSA) is 102 Å². The maximum Gasteiger partial charge on any atom is 0.339 e. The molecule has 1 aromatic rings. The average Bonchev–Trinajstić information content (AvgIpc) is 2.97. The molecule has 2 rings (SSSR count). The zero-order valence-electron chi connectivity index (χ0n) is 11.5. The summed E-state index contributed by atoms with van der Waals surface area (Å²) in [5, 5.41) is 9.06. The summed E-state index contributed by atoms with van der Waals surface area (Å²) < 4.78 is 29.1. The predicted molar refractivity (Wildman–Crippen MR) is 73.6 cm³/mol. The van der Waals surface area contributed by atoms with Crippen molar-refractivity contribution in [3.63, 3.8) is 0 Å². The Hall–Kier alpha value is -1.64. The van der Waals surface area contributed by atoms with Crippen molar-refractivity contribution in [3.05, 3.63) is 23.8 Å². The van der Waals surface area contributed by atoms with Gasteiger partial charge in [-0.05, 0) is 31.0 Å². The van der Waals surface area contributed by atoms with Crippen LogP contribution in [0.2, 0.25) is 0 Å². The Kier molecular flexibility index (Phi) is 4.81. The molecule has 1 aliphatic rings. The third-order valence-corrected chi connectivity index (χ3v) is 4.53. The molecule has 0 unspecified atom stereocenters. The van der Waals surface area contributed by atoms with Gasteiger partial charge in [-0.15, -0.1) is 0 Å². The van der Waals surface area contributed by atoms with Crippen LogP contribution in [0.3, 0.4) is 0 Å². The van der Waals surface area contributed by atoms with Gasteiger partial charge in [0.15, 0.2) is 0 Å². The molecule has 0 aromatic heterocycles. The molecule has 0 aliphatic heterocycles. The van der Waals surface area contributed by atoms with Gasteiger partial charge in [0, 0.05) is 0 Å². The number of carboxylic acid groups (broad SMARTS) is 1. The van der Waals surface area contributed by atoms with E-state index >= 15 is 0 Å². The van der Waals surface area contributed by atoms with E-state index in [0.29, 0.717) is 0 Å². The first-order valence-electron chi connectivity index (χ1n) is 6.53. The summed E-state index contributed by atoms with van der Waals surface area (Å²) in [7, 11) is -2.60. The summed E-state index contributed by atoms with van der Waals surface area (Å²) in [6, 6.07) is 3.61. The second-order valence-electron chi connectivity index (χ2n) is 4.78. The highest BCUT2D eigenvalue weighted by Gasteiger charge is 2.22. The average molecular weight is 315 g/mol. The standard InChI is InChI=1S/C13H17NO6S/c1-19-12-7-6-10(8-11(12)13(15)16)21(17,18)14-20-9-4-2-3-5-9/h6-9,14H,2-5H2,1H3,(H,15,16). The molecule has 1 saturated carbocycles. The summed E-state index contributed by atoms with van der Waals surface area (Å²) in [5.41, 5.74) is -0.221. The summed E-state index contributed by atoms with van der Waals surface area (Å²) >= 11 is 0. The van der Waals surface area contributed by atoms with E-state index in [1.165, 1.54) is 19.2 Å². The molecule has 2 N–H and O–H groups in total. The fraction of sp³-hybridized carbons (Fsp3) is 0.462. The SMILES string of the molecule is COc1ccc(S(=O)(=O)NOC2CCCC2)cc1C(=O)O. The second kappa shape index (κ2) is 6.42. The fourth-order valence-electron chi connectivity index (χ4n) is 2.21. The number of rotatable bonds is 6. The predicted octanol–water partition coefficient (Wildman–Crippen LogP) is 1.55. The number of sulfonamides is 1. The second-order valence-corrected chi connectivity index (χ2v) is 6.42. The van der Waals surface area contributed by atoms with Crippen LogP contribution in [0.25, 0.3) is 0 Å². The molecule has 1 aliphatic carbocycles. The monoisotopic (exact) mass is 315 g/mol. The molecule has 1 aromatic carbocycles. The van der Waals surface area contributed by atoms with Crippen molar-refractivity contribution in [1.29, 1.82) is 0 Å². The molecule has 0 radical (unpaired) electrons. The minimum Gasteiger partial charge on any atom is -0.496 e. The highest BCUT2D eigenvalue weighted by molar-refractivity contribution is 7.89. The van der Waals surface area contributed by atoms with Crippen molar-refractivity contribution in [2.45, 2.75) is 36.7 Å². The van der Waals surface area contributed by atoms with E-state index in [-0.39, 0.29) is 22.3 Å². The van der Waals surface area contributed by atoms with Crippen molar-refractivity contribution >= 4 is 16.0 Å². The lowest BCUT2D eigenvalue weighted by Crippen LogP contribution is -2.28. The molecule has 1 fully saturated rings. The quantitative estimate of drug-likeness (QED) is 0.772. The van der Waals surface area contributed by atoms with E-state index in [9.17, 15) is 13.2 Å². The van der Waals surface area contributed by atoms with E-state index < -0.39 is 16.0 Å². The zero-order valence-corrected chi connectivity index (χ0v) is 12.4. The van der Waals surface area contributed by atoms with Crippen LogP contribution in [0.1, 0.15) is 36.0 Å². The van der Waals surface area contributed by atoms with Gasteiger partial charge in [0.2, 0.25) is 0 Å². The van der Waals surface area contributed by atoms with Gasteiger partial charge in [0.05, 0.1) is 18.1 Å². The van der Waals surface area contributed by atoms with Gasteiger partial charge in [0.25, 0.3) is 10.0 Å². The van der Waals surface area contributed by atoms with Gasteiger partial charge in [-0.25, -0.2) is 13.2 Å². The summed E-state index contributed by atoms with van der Waals surface area (Å²) in [6.45, 7) is 0. The lowest BCUT2D eigenvalue weighted by Gasteiger charge is -2.13. The third kappa shape index (κ3) is 3.72. The van der Waals surface area contributed by atoms with Crippen molar-refractivity contribution in [2.24, 2.45) is 0 Å². The largest absolute Gasteiger partial charge is 0.496 e. The Morgan fingerprint density at radius 3 is 2.57 bits per heavy atom. The smallest absolute Gasteiger partial charge is 0.339 e. The number of hydrogen-bond acceptors (Lipinski definition) is 5. The molecular weight excluding hydrogens is 298 g/mol. The van der Waals surface area contributed by atoms with Crippen LogP contribution in [0.5, 0.6) is 5.75 Å². The molecule has 0 heterocycles. The molecule has 0 bridgehead atoms. The van der Waals surface area contributed by atoms with E-state index in [1.807, 2.05) is 0 Å². The summed E-state index contributed by atoms with van der Waals surface area (Å²) in [6.07, 6.45) is 3.52. The lowest BCUT2D eigenvalue weighted by molar-refractivity contribution is 0.0223. The van der Waals surface area contributed by atoms with Crippen LogP contribution in [0.4, 0.5) is 0 Å². The maximum absolute atomic E-state index is 12.1. The van der Waals surface area contributed by atoms with Gasteiger partial charge in [-0.1, -0.05) is 17.7 Å². The highest BCUT2D eigenvalue weighted by Crippen LogP contribution is 2.24. The Morgan fingerprint density at radius 2 is 2.00 bits per heavy atom. The number of aromatic carboxylic acids is 1. The number of hydrogen-bond donors (Lipinski definition) is 2. The molecule has 0 atom stereocenters. The first kappa shape index (κ1) is 15.7. The fourth-order valence-corrected chi connectivity index (χ4v) is 3.09. The number of ether oxygens (including phenoxy) is 1. The number of methoxy groups -OCH3 is 1. The van der Waals surface area contributed by atoms with Crippen molar-refractivity contribution in [2.75, 3.05) is 7.11 Å². The normalized spacial score (nSPS) is 16.0. The van der Waals surface area contributed by atoms with Gasteiger partial charge < -0.3 is 9.84 Å². The van der Waals surface area contributed by atoms with E-state index in [4.69, 9.17) is 14.7 Å². The molecule has 116 valence electrons. The number of nitrogens with one attached hydrogen (secondary N) is 1. The van der Waals surface area contributed by atoms with Crippen molar-refractivity contribution in [1.82, 2.24) is 4.89 Å². The molecule has 7 nitrogen and oxygen atoms in total. The Bertz CT molecular complexity index is 622. The molecule has 0 saturated heterocycles. The highest BCUT2D eigenvalue weighted by atomic mass is 32.2. The minimum absolute atomic E-state index is 0.0955. The van der Waals surface area contributed by atoms with Crippen LogP contribution in [0.15, 0.2) is 23.1 Å². The molecule has 0 amide bonds. The molecular formula is C13H17NO6S. The van der Waals surface area contributed by atoms with Gasteiger partial charge in [-0.2, -0.15) is 0 Å². The Morgan fingerprint density at radius 1 is 1.33 bits per heavy atom. The lowest BCUT2D eigenvalue weighted by atomic mass is 10.2. The van der Waals surface area contributed by atoms with E-state index in [2.05, 4.69) is 4.89 Å². The number of carbonyl (C=O) groups is 1. The number of carboxylic acids is 1. The molecule has 0 spiro atoms. The van der Waals surface area contributed by atoms with Crippen molar-refractivity contribution in [3.8, 4) is 5.75 Å². The van der Waals surface area contributed by atoms with Crippen LogP contribution >= 0.6 is 0 Å². The van der Waals surface area contributed by atoms with Gasteiger partial charge in [-0.3, -0.25) is 4.84 Å². The molecule has 21 heavy (non-hydrogen) atoms. The maximum atomic E-state index is 12.1. The first-order valence-corrected chi connectivity index (χ1v) is 8.01. The van der Waals surface area contributed by atoms with Crippen LogP contribution in [-0.4, -0.2) is 32.7 Å². The summed E-state index contributed by atoms with van der Waals surface area (Å²) in [4.78, 5) is 18.1. The van der Waals surface area contributed by atoms with Gasteiger partial charge in [0.1, 0.15) is 11.3 Å². The van der Waals surface area contributed by atoms with E-state index in [1.54, 1.807) is 0 Å². The van der Waals surface area contributed by atoms with Gasteiger partial charge >= 0.3 is 5.97 Å². The first-order chi connectivity index (χ1) is 9.94. The van der Waals surface area contributed by atoms with E-state index in [0.717, 1.165) is 31.7 Å². The summed E-state index contributed by atoms with van der Waals surface area (Å²) in [5.74, 6) is -1.17. The third-order valence-electron chi connectivity index (χ3n) is 3.34. The Balaban J connectivity index is 2.18. The zero-order chi connectivity index (χ0) is 15.5. The van der Waals surface area contributed by atoms with Crippen LogP contribution in [0, 0.1) is 0 Å². The minimum atomic E-state index is -3.92. The van der Waals surface area contributed by atoms with Crippen LogP contribution in [-0.2, 0) is 14.9 Å². The molecule has 8 heteroatoms. The Labute approximate surface area is 122 Å². The van der Waals surface area contributed by atoms with Crippen LogP contribution < -0.4 is 9.62 Å².